The summed E-state index contributed by atoms with van der Waals surface area (Å²) < 4.78 is 16.0. The van der Waals surface area contributed by atoms with Crippen molar-refractivity contribution in [1.82, 2.24) is 14.6 Å². The van der Waals surface area contributed by atoms with Crippen LogP contribution in [0.4, 0.5) is 0 Å². The van der Waals surface area contributed by atoms with Crippen molar-refractivity contribution in [1.29, 1.82) is 0 Å². The second-order valence-electron chi connectivity index (χ2n) is 9.44. The van der Waals surface area contributed by atoms with Crippen LogP contribution in [-0.4, -0.2) is 32.9 Å². The first kappa shape index (κ1) is 24.3. The van der Waals surface area contributed by atoms with E-state index < -0.39 is 16.8 Å². The van der Waals surface area contributed by atoms with Crippen LogP contribution in [0.5, 0.6) is 0 Å². The minimum absolute atomic E-state index is 0.00435. The Morgan fingerprint density at radius 1 is 1.30 bits per heavy atom. The van der Waals surface area contributed by atoms with Crippen LogP contribution < -0.4 is 4.72 Å². The van der Waals surface area contributed by atoms with Gasteiger partial charge in [-0.3, -0.25) is 9.78 Å². The molecule has 2 aromatic rings. The standard InChI is InChI=1S/C26H32ClN3O2S/c1-3-14-26(2)15-13-23(19-9-11-21(27)12-10-19)30(25(26)31)24(20-7-8-20)17-29-33(32)18-22-6-4-5-16-28-22/h3-6,9-12,16,20,23-24,29H,1,7-8,13-15,17-18H2,2H3/t23?,24?,26-,33?/m0/s1. The van der Waals surface area contributed by atoms with Crippen LogP contribution in [0.3, 0.4) is 0 Å². The number of amides is 1. The van der Waals surface area contributed by atoms with Crippen molar-refractivity contribution in [3.63, 3.8) is 0 Å². The molecule has 2 fully saturated rings. The van der Waals surface area contributed by atoms with Crippen LogP contribution in [0, 0.1) is 11.3 Å². The van der Waals surface area contributed by atoms with Gasteiger partial charge in [-0.25, -0.2) is 0 Å². The number of hydrogen-bond acceptors (Lipinski definition) is 4. The minimum atomic E-state index is -1.26. The third kappa shape index (κ3) is 5.80. The van der Waals surface area contributed by atoms with Gasteiger partial charge in [-0.05, 0) is 67.9 Å². The normalized spacial score (nSPS) is 25.0. The molecule has 1 saturated heterocycles. The van der Waals surface area contributed by atoms with E-state index >= 15 is 0 Å². The Balaban J connectivity index is 1.56. The molecule has 1 aromatic carbocycles. The summed E-state index contributed by atoms with van der Waals surface area (Å²) >= 11 is 4.87. The van der Waals surface area contributed by atoms with Crippen molar-refractivity contribution in [2.45, 2.75) is 56.9 Å². The summed E-state index contributed by atoms with van der Waals surface area (Å²) in [4.78, 5) is 20.3. The Hall–Kier alpha value is -1.86. The number of hydrogen-bond donors (Lipinski definition) is 1. The van der Waals surface area contributed by atoms with Crippen molar-refractivity contribution >= 4 is 28.9 Å². The molecule has 0 bridgehead atoms. The van der Waals surface area contributed by atoms with Gasteiger partial charge in [0.1, 0.15) is 0 Å². The molecule has 4 rings (SSSR count). The second-order valence-corrected chi connectivity index (χ2v) is 11.1. The number of benzene rings is 1. The van der Waals surface area contributed by atoms with Gasteiger partial charge in [0.25, 0.3) is 0 Å². The Kier molecular flexibility index (Phi) is 7.80. The first-order chi connectivity index (χ1) is 15.9. The fourth-order valence-corrected chi connectivity index (χ4v) is 5.90. The summed E-state index contributed by atoms with van der Waals surface area (Å²) in [6.07, 6.45) is 8.11. The number of carbonyl (C=O) groups is 1. The lowest BCUT2D eigenvalue weighted by molar-refractivity contribution is -0.153. The SMILES string of the molecule is C=CC[C@@]1(C)CCC(c2ccc(Cl)cc2)N(C(CN[S+]([O-])Cc2ccccn2)C2CC2)C1=O. The largest absolute Gasteiger partial charge is 0.598 e. The summed E-state index contributed by atoms with van der Waals surface area (Å²) in [7, 11) is 0. The summed E-state index contributed by atoms with van der Waals surface area (Å²) in [5.41, 5.74) is 1.44. The van der Waals surface area contributed by atoms with E-state index in [9.17, 15) is 9.35 Å². The average Bonchev–Trinajstić information content (AvgIpc) is 3.64. The average molecular weight is 486 g/mol. The molecular formula is C26H32ClN3O2S. The summed E-state index contributed by atoms with van der Waals surface area (Å²) in [6, 6.07) is 13.5. The lowest BCUT2D eigenvalue weighted by atomic mass is 9.74. The Morgan fingerprint density at radius 3 is 2.70 bits per heavy atom. The number of allylic oxidation sites excluding steroid dienone is 1. The maximum absolute atomic E-state index is 13.9. The third-order valence-electron chi connectivity index (χ3n) is 6.89. The molecule has 0 spiro atoms. The summed E-state index contributed by atoms with van der Waals surface area (Å²) in [6.45, 7) is 6.45. The molecule has 176 valence electrons. The van der Waals surface area contributed by atoms with Crippen LogP contribution in [-0.2, 0) is 21.9 Å². The zero-order valence-corrected chi connectivity index (χ0v) is 20.7. The fourth-order valence-electron chi connectivity index (χ4n) is 4.88. The van der Waals surface area contributed by atoms with Crippen molar-refractivity contribution in [2.75, 3.05) is 6.54 Å². The van der Waals surface area contributed by atoms with E-state index in [1.807, 2.05) is 48.5 Å². The third-order valence-corrected chi connectivity index (χ3v) is 8.19. The number of nitrogens with one attached hydrogen (secondary N) is 1. The van der Waals surface area contributed by atoms with E-state index in [4.69, 9.17) is 11.6 Å². The highest BCUT2D eigenvalue weighted by Gasteiger charge is 2.49. The zero-order chi connectivity index (χ0) is 23.4. The Morgan fingerprint density at radius 2 is 2.06 bits per heavy atom. The molecule has 2 aliphatic rings. The highest BCUT2D eigenvalue weighted by Crippen LogP contribution is 2.47. The molecule has 5 nitrogen and oxygen atoms in total. The summed E-state index contributed by atoms with van der Waals surface area (Å²) in [5.74, 6) is 0.943. The molecule has 2 heterocycles. The monoisotopic (exact) mass is 485 g/mol. The quantitative estimate of drug-likeness (QED) is 0.370. The van der Waals surface area contributed by atoms with Crippen LogP contribution in [0.25, 0.3) is 0 Å². The molecule has 33 heavy (non-hydrogen) atoms. The van der Waals surface area contributed by atoms with E-state index in [2.05, 4.69) is 28.1 Å². The van der Waals surface area contributed by atoms with Gasteiger partial charge in [0, 0.05) is 22.6 Å². The first-order valence-corrected chi connectivity index (χ1v) is 13.3. The molecule has 7 heteroatoms. The van der Waals surface area contributed by atoms with Gasteiger partial charge in [-0.15, -0.1) is 11.3 Å². The smallest absolute Gasteiger partial charge is 0.229 e. The highest BCUT2D eigenvalue weighted by molar-refractivity contribution is 7.88. The number of piperidine rings is 1. The second kappa shape index (κ2) is 10.6. The van der Waals surface area contributed by atoms with Crippen molar-refractivity contribution in [3.8, 4) is 0 Å². The molecule has 1 saturated carbocycles. The lowest BCUT2D eigenvalue weighted by Gasteiger charge is -2.48. The molecular weight excluding hydrogens is 454 g/mol. The maximum Gasteiger partial charge on any atom is 0.229 e. The topological polar surface area (TPSA) is 68.3 Å². The number of nitrogens with zero attached hydrogens (tertiary/aromatic N) is 2. The van der Waals surface area contributed by atoms with E-state index in [1.165, 1.54) is 0 Å². The highest BCUT2D eigenvalue weighted by atomic mass is 35.5. The van der Waals surface area contributed by atoms with E-state index in [1.54, 1.807) is 6.20 Å². The number of halogens is 1. The van der Waals surface area contributed by atoms with Crippen molar-refractivity contribution in [3.05, 3.63) is 77.6 Å². The molecule has 1 amide bonds. The van der Waals surface area contributed by atoms with Gasteiger partial charge in [-0.1, -0.05) is 42.8 Å². The van der Waals surface area contributed by atoms with Gasteiger partial charge in [0.15, 0.2) is 5.75 Å². The molecule has 4 atom stereocenters. The van der Waals surface area contributed by atoms with E-state index in [0.717, 1.165) is 36.9 Å². The fraction of sp³-hybridized carbons (Fsp3) is 0.462. The lowest BCUT2D eigenvalue weighted by Crippen LogP contribution is -2.56. The number of pyridine rings is 1. The predicted molar refractivity (Wildman–Crippen MR) is 134 cm³/mol. The van der Waals surface area contributed by atoms with Gasteiger partial charge < -0.3 is 9.45 Å². The molecule has 1 N–H and O–H groups in total. The van der Waals surface area contributed by atoms with E-state index in [0.29, 0.717) is 29.7 Å². The summed E-state index contributed by atoms with van der Waals surface area (Å²) in [5, 5.41) is 0.689. The molecule has 1 aliphatic heterocycles. The van der Waals surface area contributed by atoms with Crippen LogP contribution in [0.15, 0.2) is 61.3 Å². The van der Waals surface area contributed by atoms with Gasteiger partial charge >= 0.3 is 0 Å². The predicted octanol–water partition coefficient (Wildman–Crippen LogP) is 5.21. The minimum Gasteiger partial charge on any atom is -0.598 e. The number of rotatable bonds is 10. The zero-order valence-electron chi connectivity index (χ0n) is 19.1. The molecule has 0 radical (unpaired) electrons. The number of carbonyl (C=O) groups excluding carboxylic acids is 1. The van der Waals surface area contributed by atoms with Crippen LogP contribution in [0.1, 0.15) is 56.3 Å². The van der Waals surface area contributed by atoms with Gasteiger partial charge in [0.2, 0.25) is 5.91 Å². The molecule has 1 aromatic heterocycles. The maximum atomic E-state index is 13.9. The van der Waals surface area contributed by atoms with Crippen molar-refractivity contribution in [2.24, 2.45) is 11.3 Å². The van der Waals surface area contributed by atoms with Gasteiger partial charge in [-0.2, -0.15) is 0 Å². The van der Waals surface area contributed by atoms with Crippen LogP contribution >= 0.6 is 11.6 Å². The number of aromatic nitrogens is 1. The van der Waals surface area contributed by atoms with Crippen molar-refractivity contribution < 1.29 is 9.35 Å². The van der Waals surface area contributed by atoms with E-state index in [-0.39, 0.29) is 18.0 Å². The first-order valence-electron chi connectivity index (χ1n) is 11.6. The molecule has 3 unspecified atom stereocenters. The Bertz CT molecular complexity index is 954. The van der Waals surface area contributed by atoms with Gasteiger partial charge in [0.05, 0.1) is 29.7 Å². The number of likely N-dealkylation sites (tertiary alicyclic amines) is 1. The Labute approximate surface area is 204 Å². The molecule has 1 aliphatic carbocycles. The van der Waals surface area contributed by atoms with Crippen LogP contribution in [0.2, 0.25) is 5.02 Å².